The molecule has 0 rings (SSSR count). The Morgan fingerprint density at radius 3 is 2.88 bits per heavy atom. The third-order valence-electron chi connectivity index (χ3n) is 0.648. The Labute approximate surface area is 56.9 Å². The van der Waals surface area contributed by atoms with Crippen LogP contribution in [0.4, 0.5) is 0 Å². The molecule has 0 aliphatic rings. The van der Waals surface area contributed by atoms with E-state index >= 15 is 0 Å². The Hall–Kier alpha value is 0.531. The van der Waals surface area contributed by atoms with E-state index < -0.39 is 19.8 Å². The highest BCUT2D eigenvalue weighted by atomic mass is 28.3. The monoisotopic (exact) mass is 168 g/mol. The van der Waals surface area contributed by atoms with Gasteiger partial charge in [-0.3, -0.25) is 0 Å². The molecular weight excluding hydrogens is 156 g/mol. The Bertz CT molecular complexity index is 37.5. The van der Waals surface area contributed by atoms with Crippen molar-refractivity contribution in [3.63, 3.8) is 0 Å². The van der Waals surface area contributed by atoms with Crippen LogP contribution in [0.5, 0.6) is 0 Å². The predicted octanol–water partition coefficient (Wildman–Crippen LogP) is -3.21. The molecule has 0 aromatic rings. The molecule has 0 spiro atoms. The molecule has 0 radical (unpaired) electrons. The zero-order valence-electron chi connectivity index (χ0n) is 5.09. The maximum absolute atomic E-state index is 8.30. The molecule has 50 valence electrons. The summed E-state index contributed by atoms with van der Waals surface area (Å²) in [7, 11) is -0.173. The molecule has 0 saturated heterocycles. The lowest BCUT2D eigenvalue weighted by atomic mass is 10.9. The molecule has 0 fully saturated rings. The molecule has 0 aliphatic heterocycles. The van der Waals surface area contributed by atoms with Crippen molar-refractivity contribution in [2.45, 2.75) is 6.04 Å². The molecule has 1 N–H and O–H groups in total. The zero-order valence-corrected chi connectivity index (χ0v) is 9.92. The minimum atomic E-state index is -0.586. The summed E-state index contributed by atoms with van der Waals surface area (Å²) in [6, 6.07) is 0.873. The third-order valence-corrected chi connectivity index (χ3v) is 4.02. The Kier molecular flexibility index (Phi) is 8.03. The van der Waals surface area contributed by atoms with Crippen molar-refractivity contribution < 1.29 is 13.3 Å². The van der Waals surface area contributed by atoms with E-state index in [-0.39, 0.29) is 6.61 Å². The van der Waals surface area contributed by atoms with Crippen LogP contribution in [-0.4, -0.2) is 42.0 Å². The largest absolute Gasteiger partial charge is 0.449 e. The lowest BCUT2D eigenvalue weighted by Gasteiger charge is -1.97. The van der Waals surface area contributed by atoms with E-state index in [0.717, 1.165) is 16.5 Å². The smallest absolute Gasteiger partial charge is 0.282 e. The number of aliphatic hydroxyl groups excluding tert-OH is 1. The van der Waals surface area contributed by atoms with Crippen LogP contribution in [-0.2, 0) is 8.23 Å². The second-order valence-corrected chi connectivity index (χ2v) is 6.69. The molecule has 0 unspecified atom stereocenters. The van der Waals surface area contributed by atoms with E-state index in [0.29, 0.717) is 0 Å². The van der Waals surface area contributed by atoms with E-state index in [4.69, 9.17) is 13.3 Å². The summed E-state index contributed by atoms with van der Waals surface area (Å²) in [4.78, 5) is 0. The van der Waals surface area contributed by atoms with E-state index in [1.807, 2.05) is 0 Å². The van der Waals surface area contributed by atoms with Crippen molar-refractivity contribution in [3.05, 3.63) is 0 Å². The SMILES string of the molecule is OCC[SiH2]O[SiH2]O[SiH3]. The second kappa shape index (κ2) is 7.53. The van der Waals surface area contributed by atoms with Gasteiger partial charge in [-0.2, -0.15) is 0 Å². The molecule has 0 atom stereocenters. The van der Waals surface area contributed by atoms with Gasteiger partial charge in [0.2, 0.25) is 0 Å². The van der Waals surface area contributed by atoms with Gasteiger partial charge in [-0.05, 0) is 6.04 Å². The van der Waals surface area contributed by atoms with Crippen LogP contribution in [0.1, 0.15) is 0 Å². The van der Waals surface area contributed by atoms with Crippen molar-refractivity contribution in [1.82, 2.24) is 0 Å². The average molecular weight is 168 g/mol. The fraction of sp³-hybridized carbons (Fsp3) is 1.00. The molecule has 0 heterocycles. The molecule has 0 aromatic carbocycles. The van der Waals surface area contributed by atoms with Crippen molar-refractivity contribution in [2.24, 2.45) is 0 Å². The lowest BCUT2D eigenvalue weighted by Crippen LogP contribution is -2.07. The molecule has 0 aliphatic carbocycles. The average Bonchev–Trinajstić information content (AvgIpc) is 1.81. The Morgan fingerprint density at radius 1 is 1.62 bits per heavy atom. The van der Waals surface area contributed by atoms with Gasteiger partial charge in [-0.25, -0.2) is 0 Å². The molecule has 0 aromatic heterocycles. The van der Waals surface area contributed by atoms with Gasteiger partial charge in [-0.1, -0.05) is 0 Å². The fourth-order valence-electron chi connectivity index (χ4n) is 0.309. The van der Waals surface area contributed by atoms with Crippen LogP contribution >= 0.6 is 0 Å². The molecule has 0 saturated carbocycles. The van der Waals surface area contributed by atoms with Crippen LogP contribution in [0.25, 0.3) is 0 Å². The Balaban J connectivity index is 2.53. The highest BCUT2D eigenvalue weighted by Crippen LogP contribution is 1.74. The van der Waals surface area contributed by atoms with Gasteiger partial charge in [-0.15, -0.1) is 0 Å². The van der Waals surface area contributed by atoms with Gasteiger partial charge in [0.1, 0.15) is 10.5 Å². The number of aliphatic hydroxyl groups is 1. The summed E-state index contributed by atoms with van der Waals surface area (Å²) in [5, 5.41) is 8.30. The summed E-state index contributed by atoms with van der Waals surface area (Å²) < 4.78 is 10.1. The maximum Gasteiger partial charge on any atom is 0.282 e. The summed E-state index contributed by atoms with van der Waals surface area (Å²) in [6.45, 7) is 0.280. The van der Waals surface area contributed by atoms with Crippen molar-refractivity contribution in [2.75, 3.05) is 6.61 Å². The second-order valence-electron chi connectivity index (χ2n) is 1.39. The van der Waals surface area contributed by atoms with Gasteiger partial charge in [0.05, 0.1) is 0 Å². The summed E-state index contributed by atoms with van der Waals surface area (Å²) >= 11 is 0. The minimum absolute atomic E-state index is 0.280. The van der Waals surface area contributed by atoms with Gasteiger partial charge >= 0.3 is 0 Å². The molecule has 6 heteroatoms. The van der Waals surface area contributed by atoms with E-state index in [9.17, 15) is 0 Å². The van der Waals surface area contributed by atoms with Crippen LogP contribution < -0.4 is 0 Å². The van der Waals surface area contributed by atoms with Crippen LogP contribution in [0.15, 0.2) is 0 Å². The highest BCUT2D eigenvalue weighted by molar-refractivity contribution is 6.41. The predicted molar refractivity (Wildman–Crippen MR) is 41.1 cm³/mol. The fourth-order valence-corrected chi connectivity index (χ4v) is 3.89. The van der Waals surface area contributed by atoms with Gasteiger partial charge in [0.25, 0.3) is 10.0 Å². The Morgan fingerprint density at radius 2 is 2.38 bits per heavy atom. The topological polar surface area (TPSA) is 38.7 Å². The van der Waals surface area contributed by atoms with E-state index in [1.54, 1.807) is 0 Å². The lowest BCUT2D eigenvalue weighted by molar-refractivity contribution is 0.314. The van der Waals surface area contributed by atoms with Crippen molar-refractivity contribution in [1.29, 1.82) is 0 Å². The quantitative estimate of drug-likeness (QED) is 0.347. The third kappa shape index (κ3) is 6.53. The first kappa shape index (κ1) is 8.53. The number of hydrogen-bond acceptors (Lipinski definition) is 3. The molecule has 8 heavy (non-hydrogen) atoms. The van der Waals surface area contributed by atoms with Crippen molar-refractivity contribution >= 4 is 30.3 Å². The van der Waals surface area contributed by atoms with E-state index in [2.05, 4.69) is 0 Å². The molecule has 3 nitrogen and oxygen atoms in total. The first-order chi connectivity index (χ1) is 3.91. The van der Waals surface area contributed by atoms with Crippen LogP contribution in [0, 0.1) is 0 Å². The van der Waals surface area contributed by atoms with Gasteiger partial charge < -0.3 is 13.3 Å². The first-order valence-corrected chi connectivity index (χ1v) is 6.14. The summed E-state index contributed by atoms with van der Waals surface area (Å²) in [5.41, 5.74) is 0. The van der Waals surface area contributed by atoms with Crippen molar-refractivity contribution in [3.8, 4) is 0 Å². The molecule has 0 amide bonds. The van der Waals surface area contributed by atoms with Gasteiger partial charge in [0, 0.05) is 6.61 Å². The van der Waals surface area contributed by atoms with Crippen LogP contribution in [0.2, 0.25) is 6.04 Å². The first-order valence-electron chi connectivity index (χ1n) is 2.59. The van der Waals surface area contributed by atoms with E-state index in [1.165, 1.54) is 0 Å². The summed E-state index contributed by atoms with van der Waals surface area (Å²) in [6.07, 6.45) is 0. The number of rotatable bonds is 5. The number of hydrogen-bond donors (Lipinski definition) is 1. The zero-order chi connectivity index (χ0) is 6.24. The normalized spacial score (nSPS) is 13.1. The minimum Gasteiger partial charge on any atom is -0.449 e. The van der Waals surface area contributed by atoms with Crippen LogP contribution in [0.3, 0.4) is 0 Å². The highest BCUT2D eigenvalue weighted by Gasteiger charge is 1.84. The summed E-state index contributed by atoms with van der Waals surface area (Å²) in [5.74, 6) is 0. The molecular formula is C2H12O3Si3. The standard InChI is InChI=1S/C2H12O3Si3/c3-1-2-7-5-8-4-6/h3H,1-2,7-8H2,6H3. The van der Waals surface area contributed by atoms with Gasteiger partial charge in [0.15, 0.2) is 9.76 Å². The molecule has 0 bridgehead atoms. The maximum atomic E-state index is 8.30.